The van der Waals surface area contributed by atoms with Crippen molar-refractivity contribution in [3.8, 4) is 0 Å². The predicted octanol–water partition coefficient (Wildman–Crippen LogP) is 1.73. The number of carbonyl (C=O) groups excluding carboxylic acids is 2. The van der Waals surface area contributed by atoms with E-state index >= 15 is 0 Å². The number of hydrogen-bond donors (Lipinski definition) is 2. The van der Waals surface area contributed by atoms with Gasteiger partial charge in [-0.05, 0) is 24.9 Å². The molecule has 0 spiro atoms. The Kier molecular flexibility index (Phi) is 7.99. The molecule has 0 bridgehead atoms. The molecule has 2 rings (SSSR count). The van der Waals surface area contributed by atoms with Gasteiger partial charge in [-0.2, -0.15) is 0 Å². The van der Waals surface area contributed by atoms with Crippen LogP contribution in [0.4, 0.5) is 0 Å². The number of thioether (sulfide) groups is 1. The van der Waals surface area contributed by atoms with E-state index in [2.05, 4.69) is 5.32 Å². The van der Waals surface area contributed by atoms with Crippen molar-refractivity contribution in [2.24, 2.45) is 5.73 Å². The Morgan fingerprint density at radius 1 is 1.35 bits per heavy atom. The molecular weight excluding hydrogens is 272 g/mol. The molecule has 1 aliphatic heterocycles. The van der Waals surface area contributed by atoms with Crippen LogP contribution in [0, 0.1) is 0 Å². The lowest BCUT2D eigenvalue weighted by atomic mass is 10.1. The summed E-state index contributed by atoms with van der Waals surface area (Å²) in [6.45, 7) is 3.71. The van der Waals surface area contributed by atoms with E-state index in [4.69, 9.17) is 5.73 Å². The van der Waals surface area contributed by atoms with Gasteiger partial charge in [-0.25, -0.2) is 0 Å². The molecule has 1 heterocycles. The molecule has 0 aliphatic carbocycles. The number of benzene rings is 1. The fourth-order valence-electron chi connectivity index (χ4n) is 1.88. The van der Waals surface area contributed by atoms with Gasteiger partial charge in [-0.3, -0.25) is 9.59 Å². The first-order chi connectivity index (χ1) is 9.58. The molecule has 110 valence electrons. The van der Waals surface area contributed by atoms with E-state index in [1.165, 1.54) is 11.8 Å². The lowest BCUT2D eigenvalue weighted by Gasteiger charge is -2.01. The summed E-state index contributed by atoms with van der Waals surface area (Å²) < 4.78 is 0. The lowest BCUT2D eigenvalue weighted by Crippen LogP contribution is -2.11. The van der Waals surface area contributed by atoms with Crippen LogP contribution in [0.15, 0.2) is 30.3 Å². The number of nitrogens with one attached hydrogen (secondary N) is 1. The Balaban J connectivity index is 0.000000204. The Morgan fingerprint density at radius 3 is 2.55 bits per heavy atom. The SMILES string of the molecule is CC(=O)SC1CCNC1.NC(=O)CCc1ccccc1. The van der Waals surface area contributed by atoms with Gasteiger partial charge in [-0.1, -0.05) is 42.1 Å². The Bertz CT molecular complexity index is 417. The molecule has 1 saturated heterocycles. The summed E-state index contributed by atoms with van der Waals surface area (Å²) >= 11 is 1.46. The van der Waals surface area contributed by atoms with Crippen LogP contribution in [-0.2, 0) is 16.0 Å². The predicted molar refractivity (Wildman–Crippen MR) is 83.5 cm³/mol. The van der Waals surface area contributed by atoms with Crippen LogP contribution in [0.3, 0.4) is 0 Å². The largest absolute Gasteiger partial charge is 0.370 e. The fourth-order valence-corrected chi connectivity index (χ4v) is 2.78. The van der Waals surface area contributed by atoms with Crippen molar-refractivity contribution in [1.82, 2.24) is 5.32 Å². The number of aryl methyl sites for hydroxylation is 1. The Morgan fingerprint density at radius 2 is 2.05 bits per heavy atom. The molecule has 1 amide bonds. The first-order valence-corrected chi connectivity index (χ1v) is 7.66. The van der Waals surface area contributed by atoms with Crippen LogP contribution in [0.2, 0.25) is 0 Å². The molecule has 1 unspecified atom stereocenters. The number of amides is 1. The molecule has 1 fully saturated rings. The highest BCUT2D eigenvalue weighted by molar-refractivity contribution is 8.14. The van der Waals surface area contributed by atoms with Crippen molar-refractivity contribution in [2.75, 3.05) is 13.1 Å². The highest BCUT2D eigenvalue weighted by Gasteiger charge is 2.15. The molecule has 5 heteroatoms. The van der Waals surface area contributed by atoms with Crippen LogP contribution < -0.4 is 11.1 Å². The summed E-state index contributed by atoms with van der Waals surface area (Å²) in [7, 11) is 0. The van der Waals surface area contributed by atoms with Gasteiger partial charge in [-0.15, -0.1) is 0 Å². The summed E-state index contributed by atoms with van der Waals surface area (Å²) in [6, 6.07) is 9.84. The van der Waals surface area contributed by atoms with E-state index < -0.39 is 0 Å². The van der Waals surface area contributed by atoms with Gasteiger partial charge in [0.25, 0.3) is 0 Å². The van der Waals surface area contributed by atoms with E-state index in [9.17, 15) is 9.59 Å². The third-order valence-electron chi connectivity index (χ3n) is 2.85. The van der Waals surface area contributed by atoms with Gasteiger partial charge >= 0.3 is 0 Å². The van der Waals surface area contributed by atoms with E-state index in [-0.39, 0.29) is 11.0 Å². The van der Waals surface area contributed by atoms with E-state index in [0.29, 0.717) is 11.7 Å². The third kappa shape index (κ3) is 7.96. The second-order valence-corrected chi connectivity index (χ2v) is 6.15. The normalized spacial score (nSPS) is 17.1. The minimum Gasteiger partial charge on any atom is -0.370 e. The summed E-state index contributed by atoms with van der Waals surface area (Å²) in [5.41, 5.74) is 6.16. The zero-order chi connectivity index (χ0) is 14.8. The number of hydrogen-bond acceptors (Lipinski definition) is 4. The maximum atomic E-state index is 10.5. The monoisotopic (exact) mass is 294 g/mol. The average molecular weight is 294 g/mol. The minimum atomic E-state index is -0.242. The van der Waals surface area contributed by atoms with E-state index in [1.54, 1.807) is 6.92 Å². The van der Waals surface area contributed by atoms with Crippen molar-refractivity contribution in [1.29, 1.82) is 0 Å². The molecular formula is C15H22N2O2S. The van der Waals surface area contributed by atoms with Gasteiger partial charge in [0.05, 0.1) is 0 Å². The van der Waals surface area contributed by atoms with Crippen molar-refractivity contribution < 1.29 is 9.59 Å². The second kappa shape index (κ2) is 9.55. The Labute approximate surface area is 124 Å². The van der Waals surface area contributed by atoms with Crippen molar-refractivity contribution >= 4 is 22.8 Å². The molecule has 20 heavy (non-hydrogen) atoms. The zero-order valence-corrected chi connectivity index (χ0v) is 12.6. The number of rotatable bonds is 4. The molecule has 1 aliphatic rings. The van der Waals surface area contributed by atoms with Crippen LogP contribution in [0.1, 0.15) is 25.3 Å². The highest BCUT2D eigenvalue weighted by atomic mass is 32.2. The summed E-state index contributed by atoms with van der Waals surface area (Å²) in [5.74, 6) is -0.242. The number of primary amides is 1. The first kappa shape index (κ1) is 16.7. The average Bonchev–Trinajstić information content (AvgIpc) is 2.90. The zero-order valence-electron chi connectivity index (χ0n) is 11.8. The Hall–Kier alpha value is -1.33. The molecule has 0 aromatic heterocycles. The van der Waals surface area contributed by atoms with Gasteiger partial charge in [0.15, 0.2) is 5.12 Å². The summed E-state index contributed by atoms with van der Waals surface area (Å²) in [4.78, 5) is 20.9. The minimum absolute atomic E-state index is 0.240. The molecule has 1 atom stereocenters. The maximum Gasteiger partial charge on any atom is 0.217 e. The molecule has 4 nitrogen and oxygen atoms in total. The van der Waals surface area contributed by atoms with E-state index in [1.807, 2.05) is 30.3 Å². The van der Waals surface area contributed by atoms with Gasteiger partial charge in [0.2, 0.25) is 5.91 Å². The van der Waals surface area contributed by atoms with Gasteiger partial charge < -0.3 is 11.1 Å². The lowest BCUT2D eigenvalue weighted by molar-refractivity contribution is -0.118. The van der Waals surface area contributed by atoms with Crippen molar-refractivity contribution in [3.63, 3.8) is 0 Å². The highest BCUT2D eigenvalue weighted by Crippen LogP contribution is 2.17. The van der Waals surface area contributed by atoms with Crippen LogP contribution >= 0.6 is 11.8 Å². The van der Waals surface area contributed by atoms with Crippen LogP contribution in [-0.4, -0.2) is 29.4 Å². The molecule has 1 aromatic rings. The molecule has 3 N–H and O–H groups in total. The van der Waals surface area contributed by atoms with Crippen molar-refractivity contribution in [2.45, 2.75) is 31.4 Å². The summed E-state index contributed by atoms with van der Waals surface area (Å²) in [6.07, 6.45) is 2.32. The van der Waals surface area contributed by atoms with Crippen molar-refractivity contribution in [3.05, 3.63) is 35.9 Å². The molecule has 1 aromatic carbocycles. The quantitative estimate of drug-likeness (QED) is 0.887. The van der Waals surface area contributed by atoms with Crippen LogP contribution in [0.25, 0.3) is 0 Å². The summed E-state index contributed by atoms with van der Waals surface area (Å²) in [5, 5.41) is 3.99. The second-order valence-electron chi connectivity index (χ2n) is 4.68. The standard InChI is InChI=1S/C9H11NO.C6H11NOS/c10-9(11)7-6-8-4-2-1-3-5-8;1-5(8)9-6-2-3-7-4-6/h1-5H,6-7H2,(H2,10,11);6-7H,2-4H2,1H3. The number of nitrogens with two attached hydrogens (primary N) is 1. The fraction of sp³-hybridized carbons (Fsp3) is 0.467. The van der Waals surface area contributed by atoms with Gasteiger partial charge in [0.1, 0.15) is 0 Å². The topological polar surface area (TPSA) is 72.2 Å². The molecule has 0 saturated carbocycles. The first-order valence-electron chi connectivity index (χ1n) is 6.78. The maximum absolute atomic E-state index is 10.5. The third-order valence-corrected chi connectivity index (χ3v) is 3.92. The van der Waals surface area contributed by atoms with Crippen LogP contribution in [0.5, 0.6) is 0 Å². The van der Waals surface area contributed by atoms with Gasteiger partial charge in [0, 0.05) is 25.1 Å². The molecule has 0 radical (unpaired) electrons. The number of carbonyl (C=O) groups is 2. The smallest absolute Gasteiger partial charge is 0.217 e. The van der Waals surface area contributed by atoms with E-state index in [0.717, 1.165) is 31.5 Å².